The summed E-state index contributed by atoms with van der Waals surface area (Å²) in [5.74, 6) is 0.352. The van der Waals surface area contributed by atoms with Gasteiger partial charge in [0.05, 0.1) is 15.5 Å². The summed E-state index contributed by atoms with van der Waals surface area (Å²) in [5, 5.41) is 0. The fraction of sp³-hybridized carbons (Fsp3) is 0.400. The number of sulfonamides is 1. The van der Waals surface area contributed by atoms with Gasteiger partial charge in [0.1, 0.15) is 0 Å². The van der Waals surface area contributed by atoms with Crippen molar-refractivity contribution in [2.75, 3.05) is 5.75 Å². The highest BCUT2D eigenvalue weighted by molar-refractivity contribution is 7.91. The Bertz CT molecular complexity index is 947. The molecule has 2 aromatic carbocycles. The second-order valence-electron chi connectivity index (χ2n) is 7.07. The van der Waals surface area contributed by atoms with Gasteiger partial charge in [-0.2, -0.15) is 0 Å². The van der Waals surface area contributed by atoms with Crippen molar-refractivity contribution < 1.29 is 16.8 Å². The van der Waals surface area contributed by atoms with Crippen LogP contribution in [-0.4, -0.2) is 22.6 Å². The summed E-state index contributed by atoms with van der Waals surface area (Å²) in [5.41, 5.74) is 0.854. The molecule has 0 aliphatic heterocycles. The third-order valence-corrected chi connectivity index (χ3v) is 8.30. The molecule has 7 heteroatoms. The Labute approximate surface area is 161 Å². The van der Waals surface area contributed by atoms with Crippen molar-refractivity contribution >= 4 is 19.9 Å². The zero-order chi connectivity index (χ0) is 19.3. The van der Waals surface area contributed by atoms with Crippen LogP contribution in [0.5, 0.6) is 0 Å². The van der Waals surface area contributed by atoms with Crippen LogP contribution >= 0.6 is 0 Å². The first-order chi connectivity index (χ1) is 12.9. The fourth-order valence-electron chi connectivity index (χ4n) is 3.44. The maximum atomic E-state index is 12.6. The Morgan fingerprint density at radius 3 is 2.00 bits per heavy atom. The molecule has 1 aliphatic carbocycles. The number of nitrogens with one attached hydrogen (secondary N) is 1. The van der Waals surface area contributed by atoms with Gasteiger partial charge in [-0.15, -0.1) is 0 Å². The highest BCUT2D eigenvalue weighted by Crippen LogP contribution is 2.27. The second-order valence-corrected chi connectivity index (χ2v) is 10.9. The molecule has 0 spiro atoms. The second kappa shape index (κ2) is 8.54. The highest BCUT2D eigenvalue weighted by atomic mass is 32.2. The molecule has 146 valence electrons. The Morgan fingerprint density at radius 2 is 1.37 bits per heavy atom. The molecule has 0 saturated heterocycles. The molecule has 3 rings (SSSR count). The maximum Gasteiger partial charge on any atom is 0.240 e. The van der Waals surface area contributed by atoms with Crippen LogP contribution in [0.15, 0.2) is 64.4 Å². The molecule has 0 amide bonds. The quantitative estimate of drug-likeness (QED) is 0.761. The van der Waals surface area contributed by atoms with Crippen molar-refractivity contribution in [2.24, 2.45) is 5.92 Å². The molecule has 1 N–H and O–H groups in total. The van der Waals surface area contributed by atoms with Crippen LogP contribution in [-0.2, 0) is 26.4 Å². The van der Waals surface area contributed by atoms with Crippen molar-refractivity contribution in [1.82, 2.24) is 4.72 Å². The van der Waals surface area contributed by atoms with Gasteiger partial charge >= 0.3 is 0 Å². The van der Waals surface area contributed by atoms with Crippen LogP contribution in [0.2, 0.25) is 0 Å². The van der Waals surface area contributed by atoms with Crippen LogP contribution in [0.25, 0.3) is 0 Å². The van der Waals surface area contributed by atoms with Gasteiger partial charge in [-0.1, -0.05) is 49.6 Å². The van der Waals surface area contributed by atoms with Crippen LogP contribution < -0.4 is 4.72 Å². The van der Waals surface area contributed by atoms with E-state index in [1.807, 2.05) is 30.3 Å². The number of hydrogen-bond donors (Lipinski definition) is 1. The predicted molar refractivity (Wildman–Crippen MR) is 106 cm³/mol. The lowest BCUT2D eigenvalue weighted by Gasteiger charge is -2.21. The van der Waals surface area contributed by atoms with E-state index in [0.717, 1.165) is 31.2 Å². The Hall–Kier alpha value is -1.70. The van der Waals surface area contributed by atoms with E-state index in [-0.39, 0.29) is 28.0 Å². The van der Waals surface area contributed by atoms with Crippen LogP contribution in [0.3, 0.4) is 0 Å². The lowest BCUT2D eigenvalue weighted by molar-refractivity contribution is 0.385. The van der Waals surface area contributed by atoms with Gasteiger partial charge in [-0.05, 0) is 48.6 Å². The molecule has 1 saturated carbocycles. The van der Waals surface area contributed by atoms with E-state index >= 15 is 0 Å². The van der Waals surface area contributed by atoms with Crippen molar-refractivity contribution in [2.45, 2.75) is 48.4 Å². The van der Waals surface area contributed by atoms with E-state index in [1.165, 1.54) is 30.7 Å². The standard InChI is InChI=1S/C20H25NO4S2/c22-26(23,16-18-9-5-2-6-10-18)19-11-13-20(14-12-19)27(24,25)21-15-17-7-3-1-4-8-17/h1,3-4,7-8,11-14,18,21H,2,5-6,9-10,15-16H2. The molecule has 0 aromatic heterocycles. The molecular formula is C20H25NO4S2. The smallest absolute Gasteiger partial charge is 0.224 e. The van der Waals surface area contributed by atoms with Crippen molar-refractivity contribution in [3.63, 3.8) is 0 Å². The molecule has 1 aliphatic rings. The summed E-state index contributed by atoms with van der Waals surface area (Å²) in [6.45, 7) is 0.185. The number of hydrogen-bond acceptors (Lipinski definition) is 4. The van der Waals surface area contributed by atoms with Gasteiger partial charge < -0.3 is 0 Å². The average Bonchev–Trinajstić information content (AvgIpc) is 2.68. The van der Waals surface area contributed by atoms with Crippen molar-refractivity contribution in [3.8, 4) is 0 Å². The summed E-state index contributed by atoms with van der Waals surface area (Å²) in [6, 6.07) is 14.7. The van der Waals surface area contributed by atoms with Crippen LogP contribution in [0, 0.1) is 5.92 Å². The number of benzene rings is 2. The molecule has 0 atom stereocenters. The third kappa shape index (κ3) is 5.40. The first kappa shape index (κ1) is 20.0. The Kier molecular flexibility index (Phi) is 6.34. The van der Waals surface area contributed by atoms with Gasteiger partial charge in [0.25, 0.3) is 0 Å². The van der Waals surface area contributed by atoms with Gasteiger partial charge in [0.2, 0.25) is 10.0 Å². The molecule has 1 fully saturated rings. The summed E-state index contributed by atoms with van der Waals surface area (Å²) < 4.78 is 52.6. The molecule has 0 radical (unpaired) electrons. The molecule has 0 bridgehead atoms. The number of rotatable bonds is 7. The largest absolute Gasteiger partial charge is 0.240 e. The lowest BCUT2D eigenvalue weighted by Crippen LogP contribution is -2.23. The van der Waals surface area contributed by atoms with E-state index in [0.29, 0.717) is 0 Å². The van der Waals surface area contributed by atoms with Gasteiger partial charge in [-0.3, -0.25) is 0 Å². The summed E-state index contributed by atoms with van der Waals surface area (Å²) >= 11 is 0. The molecule has 0 heterocycles. The topological polar surface area (TPSA) is 80.3 Å². The molecule has 27 heavy (non-hydrogen) atoms. The Morgan fingerprint density at radius 1 is 0.778 bits per heavy atom. The van der Waals surface area contributed by atoms with E-state index in [1.54, 1.807) is 0 Å². The summed E-state index contributed by atoms with van der Waals surface area (Å²) in [4.78, 5) is 0.255. The normalized spacial score (nSPS) is 16.3. The Balaban J connectivity index is 1.68. The predicted octanol–water partition coefficient (Wildman–Crippen LogP) is 3.52. The zero-order valence-electron chi connectivity index (χ0n) is 15.2. The fourth-order valence-corrected chi connectivity index (χ4v) is 6.16. The molecule has 0 unspecified atom stereocenters. The minimum atomic E-state index is -3.69. The first-order valence-electron chi connectivity index (χ1n) is 9.23. The lowest BCUT2D eigenvalue weighted by atomic mass is 9.91. The van der Waals surface area contributed by atoms with Crippen molar-refractivity contribution in [3.05, 3.63) is 60.2 Å². The highest BCUT2D eigenvalue weighted by Gasteiger charge is 2.23. The minimum absolute atomic E-state index is 0.0649. The monoisotopic (exact) mass is 407 g/mol. The van der Waals surface area contributed by atoms with E-state index in [9.17, 15) is 16.8 Å². The third-order valence-electron chi connectivity index (χ3n) is 4.98. The zero-order valence-corrected chi connectivity index (χ0v) is 16.8. The summed E-state index contributed by atoms with van der Waals surface area (Å²) in [6.07, 6.45) is 5.26. The van der Waals surface area contributed by atoms with Gasteiger partial charge in [0, 0.05) is 6.54 Å². The van der Waals surface area contributed by atoms with E-state index in [4.69, 9.17) is 0 Å². The van der Waals surface area contributed by atoms with Gasteiger partial charge in [-0.25, -0.2) is 21.6 Å². The molecule has 2 aromatic rings. The van der Waals surface area contributed by atoms with Crippen molar-refractivity contribution in [1.29, 1.82) is 0 Å². The maximum absolute atomic E-state index is 12.6. The SMILES string of the molecule is O=S(=O)(CC1CCCCC1)c1ccc(S(=O)(=O)NCc2ccccc2)cc1. The first-order valence-corrected chi connectivity index (χ1v) is 12.4. The van der Waals surface area contributed by atoms with Gasteiger partial charge in [0.15, 0.2) is 9.84 Å². The number of sulfone groups is 1. The van der Waals surface area contributed by atoms with E-state index in [2.05, 4.69) is 4.72 Å². The average molecular weight is 408 g/mol. The molecular weight excluding hydrogens is 382 g/mol. The van der Waals surface area contributed by atoms with E-state index < -0.39 is 19.9 Å². The minimum Gasteiger partial charge on any atom is -0.224 e. The van der Waals surface area contributed by atoms with Crippen LogP contribution in [0.1, 0.15) is 37.7 Å². The van der Waals surface area contributed by atoms with Crippen LogP contribution in [0.4, 0.5) is 0 Å². The molecule has 5 nitrogen and oxygen atoms in total. The summed E-state index contributed by atoms with van der Waals surface area (Å²) in [7, 11) is -7.09.